The molecule has 0 unspecified atom stereocenters. The van der Waals surface area contributed by atoms with Gasteiger partial charge in [-0.1, -0.05) is 23.8 Å². The van der Waals surface area contributed by atoms with Gasteiger partial charge in [0.15, 0.2) is 9.84 Å². The predicted octanol–water partition coefficient (Wildman–Crippen LogP) is 1.47. The highest BCUT2D eigenvalue weighted by Gasteiger charge is 2.12. The van der Waals surface area contributed by atoms with Crippen LogP contribution in [0.3, 0.4) is 0 Å². The SMILES string of the molecule is Cc1ccc(C(=O)NNC(=O)c2cccc(S(C)(=O)=O)c2)cc1. The number of nitrogens with one attached hydrogen (secondary N) is 2. The van der Waals surface area contributed by atoms with Crippen LogP contribution in [0.25, 0.3) is 0 Å². The molecule has 0 aliphatic rings. The van der Waals surface area contributed by atoms with Gasteiger partial charge in [-0.2, -0.15) is 0 Å². The van der Waals surface area contributed by atoms with E-state index in [1.165, 1.54) is 24.3 Å². The zero-order valence-electron chi connectivity index (χ0n) is 12.7. The van der Waals surface area contributed by atoms with E-state index in [4.69, 9.17) is 0 Å². The third-order valence-corrected chi connectivity index (χ3v) is 4.24. The smallest absolute Gasteiger partial charge is 0.267 e. The molecular weight excluding hydrogens is 316 g/mol. The number of amides is 2. The van der Waals surface area contributed by atoms with Crippen LogP contribution in [0, 0.1) is 6.92 Å². The molecule has 0 atom stereocenters. The summed E-state index contributed by atoms with van der Waals surface area (Å²) >= 11 is 0. The van der Waals surface area contributed by atoms with Crippen molar-refractivity contribution in [2.45, 2.75) is 11.8 Å². The first-order valence-electron chi connectivity index (χ1n) is 6.75. The van der Waals surface area contributed by atoms with Gasteiger partial charge in [-0.15, -0.1) is 0 Å². The van der Waals surface area contributed by atoms with E-state index in [0.29, 0.717) is 5.56 Å². The van der Waals surface area contributed by atoms with Crippen molar-refractivity contribution in [2.75, 3.05) is 6.26 Å². The maximum atomic E-state index is 12.0. The van der Waals surface area contributed by atoms with E-state index in [2.05, 4.69) is 10.9 Å². The fourth-order valence-electron chi connectivity index (χ4n) is 1.83. The quantitative estimate of drug-likeness (QED) is 0.833. The van der Waals surface area contributed by atoms with Crippen LogP contribution in [-0.4, -0.2) is 26.5 Å². The van der Waals surface area contributed by atoms with Gasteiger partial charge in [-0.3, -0.25) is 20.4 Å². The second-order valence-corrected chi connectivity index (χ2v) is 7.09. The van der Waals surface area contributed by atoms with E-state index in [-0.39, 0.29) is 10.5 Å². The second-order valence-electron chi connectivity index (χ2n) is 5.07. The number of carbonyl (C=O) groups excluding carboxylic acids is 2. The Hall–Kier alpha value is -2.67. The molecule has 0 saturated heterocycles. The fraction of sp³-hybridized carbons (Fsp3) is 0.125. The summed E-state index contributed by atoms with van der Waals surface area (Å²) in [5, 5.41) is 0. The molecule has 2 rings (SSSR count). The maximum absolute atomic E-state index is 12.0. The Labute approximate surface area is 134 Å². The number of benzene rings is 2. The summed E-state index contributed by atoms with van der Waals surface area (Å²) in [6, 6.07) is 12.4. The van der Waals surface area contributed by atoms with Crippen LogP contribution in [0.1, 0.15) is 26.3 Å². The van der Waals surface area contributed by atoms with Crippen molar-refractivity contribution in [1.82, 2.24) is 10.9 Å². The standard InChI is InChI=1S/C16H16N2O4S/c1-11-6-8-12(9-7-11)15(19)17-18-16(20)13-4-3-5-14(10-13)23(2,21)22/h3-10H,1-2H3,(H,17,19)(H,18,20). The van der Waals surface area contributed by atoms with Gasteiger partial charge in [-0.05, 0) is 37.3 Å². The van der Waals surface area contributed by atoms with Gasteiger partial charge in [0.2, 0.25) is 0 Å². The number of hydrazine groups is 1. The van der Waals surface area contributed by atoms with Gasteiger partial charge in [0.05, 0.1) is 4.90 Å². The van der Waals surface area contributed by atoms with Crippen LogP contribution in [0.5, 0.6) is 0 Å². The minimum Gasteiger partial charge on any atom is -0.267 e. The molecule has 2 N–H and O–H groups in total. The molecule has 0 aliphatic heterocycles. The first-order chi connectivity index (χ1) is 10.8. The molecule has 0 heterocycles. The molecule has 0 radical (unpaired) electrons. The van der Waals surface area contributed by atoms with Crippen LogP contribution in [0.2, 0.25) is 0 Å². The summed E-state index contributed by atoms with van der Waals surface area (Å²) in [4.78, 5) is 23.9. The lowest BCUT2D eigenvalue weighted by atomic mass is 10.1. The zero-order valence-corrected chi connectivity index (χ0v) is 13.5. The highest BCUT2D eigenvalue weighted by molar-refractivity contribution is 7.90. The van der Waals surface area contributed by atoms with E-state index >= 15 is 0 Å². The van der Waals surface area contributed by atoms with Crippen LogP contribution in [-0.2, 0) is 9.84 Å². The Morgan fingerprint density at radius 3 is 2.00 bits per heavy atom. The summed E-state index contributed by atoms with van der Waals surface area (Å²) in [6.07, 6.45) is 1.06. The normalized spacial score (nSPS) is 10.9. The molecule has 2 amide bonds. The Morgan fingerprint density at radius 2 is 1.43 bits per heavy atom. The molecule has 0 fully saturated rings. The molecule has 6 nitrogen and oxygen atoms in total. The molecule has 0 saturated carbocycles. The monoisotopic (exact) mass is 332 g/mol. The molecule has 0 bridgehead atoms. The second kappa shape index (κ2) is 6.62. The lowest BCUT2D eigenvalue weighted by Gasteiger charge is -2.08. The average molecular weight is 332 g/mol. The van der Waals surface area contributed by atoms with Crippen molar-refractivity contribution in [1.29, 1.82) is 0 Å². The van der Waals surface area contributed by atoms with Gasteiger partial charge in [0.1, 0.15) is 0 Å². The molecular formula is C16H16N2O4S. The first kappa shape index (κ1) is 16.7. The summed E-state index contributed by atoms with van der Waals surface area (Å²) in [7, 11) is -3.40. The van der Waals surface area contributed by atoms with Crippen LogP contribution >= 0.6 is 0 Å². The van der Waals surface area contributed by atoms with Crippen LogP contribution in [0.15, 0.2) is 53.4 Å². The van der Waals surface area contributed by atoms with E-state index in [1.807, 2.05) is 6.92 Å². The summed E-state index contributed by atoms with van der Waals surface area (Å²) in [6.45, 7) is 1.90. The van der Waals surface area contributed by atoms with Gasteiger partial charge < -0.3 is 0 Å². The molecule has 120 valence electrons. The number of hydrogen-bond donors (Lipinski definition) is 2. The largest absolute Gasteiger partial charge is 0.269 e. The number of carbonyl (C=O) groups is 2. The fourth-order valence-corrected chi connectivity index (χ4v) is 2.50. The number of hydrogen-bond acceptors (Lipinski definition) is 4. The molecule has 2 aromatic rings. The minimum absolute atomic E-state index is 0.0370. The van der Waals surface area contributed by atoms with Crippen LogP contribution < -0.4 is 10.9 Å². The Bertz CT molecular complexity index is 843. The molecule has 0 aliphatic carbocycles. The first-order valence-corrected chi connectivity index (χ1v) is 8.64. The molecule has 7 heteroatoms. The number of aryl methyl sites for hydroxylation is 1. The van der Waals surface area contributed by atoms with E-state index in [1.54, 1.807) is 24.3 Å². The molecule has 2 aromatic carbocycles. The van der Waals surface area contributed by atoms with Crippen molar-refractivity contribution in [3.63, 3.8) is 0 Å². The molecule has 23 heavy (non-hydrogen) atoms. The lowest BCUT2D eigenvalue weighted by molar-refractivity contribution is 0.0846. The lowest BCUT2D eigenvalue weighted by Crippen LogP contribution is -2.41. The van der Waals surface area contributed by atoms with Gasteiger partial charge >= 0.3 is 0 Å². The van der Waals surface area contributed by atoms with Crippen molar-refractivity contribution in [3.05, 3.63) is 65.2 Å². The Balaban J connectivity index is 2.05. The predicted molar refractivity (Wildman–Crippen MR) is 85.7 cm³/mol. The van der Waals surface area contributed by atoms with Crippen molar-refractivity contribution in [3.8, 4) is 0 Å². The summed E-state index contributed by atoms with van der Waals surface area (Å²) in [5.41, 5.74) is 6.10. The average Bonchev–Trinajstić information content (AvgIpc) is 2.52. The topological polar surface area (TPSA) is 92.3 Å². The zero-order chi connectivity index (χ0) is 17.0. The number of rotatable bonds is 3. The van der Waals surface area contributed by atoms with Gasteiger partial charge in [0.25, 0.3) is 11.8 Å². The van der Waals surface area contributed by atoms with E-state index in [0.717, 1.165) is 11.8 Å². The third kappa shape index (κ3) is 4.40. The Morgan fingerprint density at radius 1 is 0.870 bits per heavy atom. The minimum atomic E-state index is -3.40. The van der Waals surface area contributed by atoms with Gasteiger partial charge in [0, 0.05) is 17.4 Å². The highest BCUT2D eigenvalue weighted by Crippen LogP contribution is 2.11. The third-order valence-electron chi connectivity index (χ3n) is 3.13. The summed E-state index contributed by atoms with van der Waals surface area (Å²) in [5.74, 6) is -1.06. The Kier molecular flexibility index (Phi) is 4.80. The van der Waals surface area contributed by atoms with Crippen molar-refractivity contribution >= 4 is 21.7 Å². The van der Waals surface area contributed by atoms with E-state index < -0.39 is 21.7 Å². The van der Waals surface area contributed by atoms with Crippen molar-refractivity contribution in [2.24, 2.45) is 0 Å². The van der Waals surface area contributed by atoms with Crippen LogP contribution in [0.4, 0.5) is 0 Å². The van der Waals surface area contributed by atoms with E-state index in [9.17, 15) is 18.0 Å². The molecule has 0 aromatic heterocycles. The maximum Gasteiger partial charge on any atom is 0.269 e. The highest BCUT2D eigenvalue weighted by atomic mass is 32.2. The van der Waals surface area contributed by atoms with Crippen molar-refractivity contribution < 1.29 is 18.0 Å². The summed E-state index contributed by atoms with van der Waals surface area (Å²) < 4.78 is 23.0. The van der Waals surface area contributed by atoms with Gasteiger partial charge in [-0.25, -0.2) is 8.42 Å². The molecule has 0 spiro atoms. The number of sulfone groups is 1.